The third kappa shape index (κ3) is 7.58. The van der Waals surface area contributed by atoms with Gasteiger partial charge in [-0.1, -0.05) is 6.92 Å². The molecule has 1 unspecified atom stereocenters. The molecule has 0 heterocycles. The second-order valence-corrected chi connectivity index (χ2v) is 2.69. The van der Waals surface area contributed by atoms with E-state index in [0.717, 1.165) is 0 Å². The van der Waals surface area contributed by atoms with Crippen molar-refractivity contribution in [1.82, 2.24) is 0 Å². The highest BCUT2D eigenvalue weighted by atomic mass is 19.4. The van der Waals surface area contributed by atoms with Gasteiger partial charge in [-0.2, -0.15) is 13.2 Å². The molecule has 0 aliphatic rings. The van der Waals surface area contributed by atoms with Crippen LogP contribution in [0.15, 0.2) is 0 Å². The molecular formula is C7H13F3N2O. The van der Waals surface area contributed by atoms with E-state index in [-0.39, 0.29) is 12.3 Å². The summed E-state index contributed by atoms with van der Waals surface area (Å²) in [5, 5.41) is 6.88. The molecule has 0 amide bonds. The first kappa shape index (κ1) is 12.2. The van der Waals surface area contributed by atoms with E-state index in [1.165, 1.54) is 0 Å². The normalized spacial score (nSPS) is 14.2. The van der Waals surface area contributed by atoms with Crippen molar-refractivity contribution in [2.45, 2.75) is 32.0 Å². The maximum Gasteiger partial charge on any atom is 0.411 e. The number of amidine groups is 1. The van der Waals surface area contributed by atoms with E-state index in [0.29, 0.717) is 6.42 Å². The number of nitrogens with one attached hydrogen (secondary N) is 1. The van der Waals surface area contributed by atoms with Crippen LogP contribution in [0.3, 0.4) is 0 Å². The Labute approximate surface area is 74.6 Å². The van der Waals surface area contributed by atoms with Crippen LogP contribution in [0.1, 0.15) is 19.8 Å². The first-order valence-electron chi connectivity index (χ1n) is 3.86. The van der Waals surface area contributed by atoms with Gasteiger partial charge in [0.1, 0.15) is 6.61 Å². The van der Waals surface area contributed by atoms with Gasteiger partial charge in [0.15, 0.2) is 0 Å². The lowest BCUT2D eigenvalue weighted by Gasteiger charge is -2.16. The Hall–Kier alpha value is -0.780. The van der Waals surface area contributed by atoms with Crippen LogP contribution < -0.4 is 5.73 Å². The van der Waals surface area contributed by atoms with E-state index in [1.54, 1.807) is 6.92 Å². The van der Waals surface area contributed by atoms with Gasteiger partial charge in [-0.25, -0.2) is 0 Å². The van der Waals surface area contributed by atoms with Gasteiger partial charge in [-0.05, 0) is 6.42 Å². The Bertz CT molecular complexity index is 170. The summed E-state index contributed by atoms with van der Waals surface area (Å²) in [6, 6.07) is 0. The smallest absolute Gasteiger partial charge is 0.388 e. The van der Waals surface area contributed by atoms with Gasteiger partial charge < -0.3 is 10.5 Å². The van der Waals surface area contributed by atoms with Crippen LogP contribution in [-0.2, 0) is 4.74 Å². The number of alkyl halides is 3. The zero-order chi connectivity index (χ0) is 10.5. The molecule has 0 aliphatic heterocycles. The molecule has 6 heteroatoms. The van der Waals surface area contributed by atoms with Crippen molar-refractivity contribution in [2.24, 2.45) is 5.73 Å². The second kappa shape index (κ2) is 5.06. The minimum Gasteiger partial charge on any atom is -0.388 e. The number of ether oxygens (including phenoxy) is 1. The number of nitrogens with two attached hydrogens (primary N) is 1. The van der Waals surface area contributed by atoms with Gasteiger partial charge in [0, 0.05) is 6.42 Å². The van der Waals surface area contributed by atoms with Crippen LogP contribution in [0.25, 0.3) is 0 Å². The largest absolute Gasteiger partial charge is 0.411 e. The van der Waals surface area contributed by atoms with E-state index in [2.05, 4.69) is 4.74 Å². The molecule has 0 saturated carbocycles. The number of halogens is 3. The summed E-state index contributed by atoms with van der Waals surface area (Å²) in [5.41, 5.74) is 5.03. The highest BCUT2D eigenvalue weighted by Gasteiger charge is 2.29. The van der Waals surface area contributed by atoms with E-state index < -0.39 is 18.9 Å². The van der Waals surface area contributed by atoms with Gasteiger partial charge in [0.05, 0.1) is 11.9 Å². The average molecular weight is 198 g/mol. The zero-order valence-electron chi connectivity index (χ0n) is 7.32. The highest BCUT2D eigenvalue weighted by molar-refractivity contribution is 5.77. The van der Waals surface area contributed by atoms with Crippen molar-refractivity contribution < 1.29 is 17.9 Å². The minimum absolute atomic E-state index is 0.0482. The Morgan fingerprint density at radius 2 is 2.08 bits per heavy atom. The quantitative estimate of drug-likeness (QED) is 0.521. The summed E-state index contributed by atoms with van der Waals surface area (Å²) < 4.78 is 39.6. The van der Waals surface area contributed by atoms with Gasteiger partial charge >= 0.3 is 6.18 Å². The molecule has 0 bridgehead atoms. The summed E-state index contributed by atoms with van der Waals surface area (Å²) in [6.07, 6.45) is -4.47. The van der Waals surface area contributed by atoms with Crippen molar-refractivity contribution >= 4 is 5.84 Å². The van der Waals surface area contributed by atoms with Crippen LogP contribution in [0.2, 0.25) is 0 Å². The maximum atomic E-state index is 11.7. The summed E-state index contributed by atoms with van der Waals surface area (Å²) in [6.45, 7) is 0.406. The highest BCUT2D eigenvalue weighted by Crippen LogP contribution is 2.17. The topological polar surface area (TPSA) is 59.1 Å². The number of hydrogen-bond acceptors (Lipinski definition) is 2. The van der Waals surface area contributed by atoms with Crippen LogP contribution in [0.4, 0.5) is 13.2 Å². The van der Waals surface area contributed by atoms with Gasteiger partial charge in [0.2, 0.25) is 0 Å². The molecular weight excluding hydrogens is 185 g/mol. The van der Waals surface area contributed by atoms with Crippen molar-refractivity contribution in [2.75, 3.05) is 6.61 Å². The fourth-order valence-corrected chi connectivity index (χ4v) is 0.779. The van der Waals surface area contributed by atoms with Gasteiger partial charge in [0.25, 0.3) is 0 Å². The van der Waals surface area contributed by atoms with Crippen LogP contribution >= 0.6 is 0 Å². The first-order chi connectivity index (χ1) is 5.85. The Morgan fingerprint density at radius 3 is 2.38 bits per heavy atom. The second-order valence-electron chi connectivity index (χ2n) is 2.69. The molecule has 3 nitrogen and oxygen atoms in total. The molecule has 13 heavy (non-hydrogen) atoms. The lowest BCUT2D eigenvalue weighted by atomic mass is 10.2. The predicted octanol–water partition coefficient (Wildman–Crippen LogP) is 1.67. The number of rotatable bonds is 5. The molecule has 1 atom stereocenters. The SMILES string of the molecule is CCC(CC(=N)N)OCC(F)(F)F. The first-order valence-corrected chi connectivity index (χ1v) is 3.86. The molecule has 0 radical (unpaired) electrons. The fourth-order valence-electron chi connectivity index (χ4n) is 0.779. The zero-order valence-corrected chi connectivity index (χ0v) is 7.32. The molecule has 3 N–H and O–H groups in total. The third-order valence-corrected chi connectivity index (χ3v) is 1.39. The Balaban J connectivity index is 3.79. The molecule has 0 aliphatic carbocycles. The molecule has 0 aromatic heterocycles. The summed E-state index contributed by atoms with van der Waals surface area (Å²) >= 11 is 0. The molecule has 0 spiro atoms. The lowest BCUT2D eigenvalue weighted by molar-refractivity contribution is -0.184. The standard InChI is InChI=1S/C7H13F3N2O/c1-2-5(3-6(11)12)13-4-7(8,9)10/h5H,2-4H2,1H3,(H3,11,12). The monoisotopic (exact) mass is 198 g/mol. The average Bonchev–Trinajstić information content (AvgIpc) is 1.95. The minimum atomic E-state index is -4.32. The van der Waals surface area contributed by atoms with E-state index >= 15 is 0 Å². The predicted molar refractivity (Wildman–Crippen MR) is 42.6 cm³/mol. The Morgan fingerprint density at radius 1 is 1.54 bits per heavy atom. The summed E-state index contributed by atoms with van der Waals surface area (Å²) in [7, 11) is 0. The lowest BCUT2D eigenvalue weighted by Crippen LogP contribution is -2.26. The third-order valence-electron chi connectivity index (χ3n) is 1.39. The Kier molecular flexibility index (Phi) is 4.76. The van der Waals surface area contributed by atoms with Gasteiger partial charge in [-0.15, -0.1) is 0 Å². The molecule has 0 aromatic rings. The fraction of sp³-hybridized carbons (Fsp3) is 0.857. The van der Waals surface area contributed by atoms with Crippen LogP contribution in [0.5, 0.6) is 0 Å². The van der Waals surface area contributed by atoms with Crippen molar-refractivity contribution in [3.63, 3.8) is 0 Å². The van der Waals surface area contributed by atoms with Crippen LogP contribution in [-0.4, -0.2) is 24.7 Å². The summed E-state index contributed by atoms with van der Waals surface area (Å²) in [5.74, 6) is -0.158. The molecule has 0 aromatic carbocycles. The van der Waals surface area contributed by atoms with Gasteiger partial charge in [-0.3, -0.25) is 5.41 Å². The molecule has 0 rings (SSSR count). The molecule has 78 valence electrons. The summed E-state index contributed by atoms with van der Waals surface area (Å²) in [4.78, 5) is 0. The van der Waals surface area contributed by atoms with E-state index in [4.69, 9.17) is 11.1 Å². The van der Waals surface area contributed by atoms with Crippen LogP contribution in [0, 0.1) is 5.41 Å². The maximum absolute atomic E-state index is 11.7. The van der Waals surface area contributed by atoms with E-state index in [1.807, 2.05) is 0 Å². The van der Waals surface area contributed by atoms with Crippen molar-refractivity contribution in [3.05, 3.63) is 0 Å². The number of hydrogen-bond donors (Lipinski definition) is 2. The molecule has 0 fully saturated rings. The van der Waals surface area contributed by atoms with Crippen molar-refractivity contribution in [1.29, 1.82) is 5.41 Å². The molecule has 0 saturated heterocycles. The van der Waals surface area contributed by atoms with E-state index in [9.17, 15) is 13.2 Å². The van der Waals surface area contributed by atoms with Crippen molar-refractivity contribution in [3.8, 4) is 0 Å².